The zero-order valence-electron chi connectivity index (χ0n) is 11.7. The summed E-state index contributed by atoms with van der Waals surface area (Å²) >= 11 is 0. The minimum Gasteiger partial charge on any atom is -0.481 e. The Labute approximate surface area is 113 Å². The van der Waals surface area contributed by atoms with Gasteiger partial charge in [-0.15, -0.1) is 0 Å². The van der Waals surface area contributed by atoms with Crippen LogP contribution in [0.2, 0.25) is 0 Å². The molecule has 0 aliphatic carbocycles. The third kappa shape index (κ3) is 3.18. The summed E-state index contributed by atoms with van der Waals surface area (Å²) in [6.07, 6.45) is 0.440. The number of hydrogen-bond donors (Lipinski definition) is 2. The molecule has 19 heavy (non-hydrogen) atoms. The van der Waals surface area contributed by atoms with Crippen LogP contribution in [0, 0.1) is 11.8 Å². The molecule has 2 rings (SSSR count). The van der Waals surface area contributed by atoms with E-state index in [-0.39, 0.29) is 18.1 Å². The summed E-state index contributed by atoms with van der Waals surface area (Å²) in [5.74, 6) is -1.21. The van der Waals surface area contributed by atoms with Gasteiger partial charge >= 0.3 is 12.1 Å². The molecule has 6 nitrogen and oxygen atoms in total. The zero-order chi connectivity index (χ0) is 14.2. The van der Waals surface area contributed by atoms with Gasteiger partial charge in [0.05, 0.1) is 5.92 Å². The van der Waals surface area contributed by atoms with Crippen molar-refractivity contribution in [3.8, 4) is 0 Å². The van der Waals surface area contributed by atoms with Gasteiger partial charge in [-0.2, -0.15) is 0 Å². The molecule has 0 saturated carbocycles. The maximum atomic E-state index is 12.0. The van der Waals surface area contributed by atoms with Gasteiger partial charge in [0.25, 0.3) is 0 Å². The number of likely N-dealkylation sites (tertiary alicyclic amines) is 1. The molecule has 0 spiro atoms. The molecule has 0 radical (unpaired) electrons. The number of carboxylic acids is 1. The summed E-state index contributed by atoms with van der Waals surface area (Å²) in [5, 5.41) is 12.4. The maximum absolute atomic E-state index is 12.0. The number of aliphatic carboxylic acids is 1. The van der Waals surface area contributed by atoms with Crippen molar-refractivity contribution >= 4 is 12.1 Å². The van der Waals surface area contributed by atoms with Crippen LogP contribution < -0.4 is 5.32 Å². The van der Waals surface area contributed by atoms with E-state index in [0.29, 0.717) is 19.6 Å². The molecule has 0 aromatic rings. The molecule has 0 aromatic carbocycles. The van der Waals surface area contributed by atoms with Gasteiger partial charge in [0.15, 0.2) is 0 Å². The van der Waals surface area contributed by atoms with Gasteiger partial charge in [0, 0.05) is 31.6 Å². The Balaban J connectivity index is 1.99. The van der Waals surface area contributed by atoms with E-state index in [9.17, 15) is 14.7 Å². The van der Waals surface area contributed by atoms with Crippen molar-refractivity contribution in [3.05, 3.63) is 0 Å². The average Bonchev–Trinajstić information content (AvgIpc) is 2.68. The van der Waals surface area contributed by atoms with Crippen LogP contribution in [0.25, 0.3) is 0 Å². The van der Waals surface area contributed by atoms with Crippen molar-refractivity contribution in [2.75, 3.05) is 19.6 Å². The number of fused-ring (bicyclic) bond motifs is 1. The van der Waals surface area contributed by atoms with Gasteiger partial charge in [-0.05, 0) is 27.2 Å². The first-order valence-corrected chi connectivity index (χ1v) is 6.72. The predicted octanol–water partition coefficient (Wildman–Crippen LogP) is 0.916. The average molecular weight is 270 g/mol. The molecule has 108 valence electrons. The number of nitrogens with one attached hydrogen (secondary N) is 1. The summed E-state index contributed by atoms with van der Waals surface area (Å²) in [6, 6.07) is 0.208. The number of rotatable bonds is 1. The Hall–Kier alpha value is -1.30. The first kappa shape index (κ1) is 14.1. The standard InChI is InChI=1S/C13H22N2O4/c1-13(2,3)19-12(18)15-5-4-10-9(7-15)8(6-14-10)11(16)17/h8-10,14H,4-7H2,1-3H3,(H,16,17). The van der Waals surface area contributed by atoms with E-state index in [1.165, 1.54) is 0 Å². The van der Waals surface area contributed by atoms with E-state index < -0.39 is 17.5 Å². The molecular formula is C13H22N2O4. The van der Waals surface area contributed by atoms with Gasteiger partial charge in [-0.25, -0.2) is 4.79 Å². The Morgan fingerprint density at radius 1 is 1.37 bits per heavy atom. The SMILES string of the molecule is CC(C)(C)OC(=O)N1CCC2NCC(C(=O)O)C2C1. The second-order valence-electron chi connectivity index (χ2n) is 6.34. The lowest BCUT2D eigenvalue weighted by Gasteiger charge is -2.36. The number of amides is 1. The van der Waals surface area contributed by atoms with Crippen molar-refractivity contribution in [1.29, 1.82) is 0 Å². The van der Waals surface area contributed by atoms with Crippen LogP contribution >= 0.6 is 0 Å². The summed E-state index contributed by atoms with van der Waals surface area (Å²) in [5.41, 5.74) is -0.520. The summed E-state index contributed by atoms with van der Waals surface area (Å²) < 4.78 is 5.34. The van der Waals surface area contributed by atoms with Gasteiger partial charge in [0.1, 0.15) is 5.60 Å². The van der Waals surface area contributed by atoms with Crippen molar-refractivity contribution in [1.82, 2.24) is 10.2 Å². The Kier molecular flexibility index (Phi) is 3.71. The molecule has 2 heterocycles. The molecule has 2 N–H and O–H groups in total. The number of nitrogens with zero attached hydrogens (tertiary/aromatic N) is 1. The van der Waals surface area contributed by atoms with Crippen LogP contribution in [0.5, 0.6) is 0 Å². The first-order chi connectivity index (χ1) is 8.78. The number of carboxylic acid groups (broad SMARTS) is 1. The second-order valence-corrected chi connectivity index (χ2v) is 6.34. The molecule has 2 saturated heterocycles. The first-order valence-electron chi connectivity index (χ1n) is 6.72. The summed E-state index contributed by atoms with van der Waals surface area (Å²) in [6.45, 7) is 7.06. The molecule has 1 amide bonds. The van der Waals surface area contributed by atoms with Crippen molar-refractivity contribution < 1.29 is 19.4 Å². The normalized spacial score (nSPS) is 30.9. The lowest BCUT2D eigenvalue weighted by Crippen LogP contribution is -2.49. The lowest BCUT2D eigenvalue weighted by molar-refractivity contribution is -0.143. The largest absolute Gasteiger partial charge is 0.481 e. The smallest absolute Gasteiger partial charge is 0.410 e. The van der Waals surface area contributed by atoms with Crippen LogP contribution in [-0.2, 0) is 9.53 Å². The fourth-order valence-corrected chi connectivity index (χ4v) is 2.84. The fourth-order valence-electron chi connectivity index (χ4n) is 2.84. The van der Waals surface area contributed by atoms with Crippen molar-refractivity contribution in [2.45, 2.75) is 38.8 Å². The highest BCUT2D eigenvalue weighted by atomic mass is 16.6. The highest BCUT2D eigenvalue weighted by Crippen LogP contribution is 2.30. The monoisotopic (exact) mass is 270 g/mol. The molecule has 2 aliphatic rings. The van der Waals surface area contributed by atoms with E-state index in [2.05, 4.69) is 5.32 Å². The minimum absolute atomic E-state index is 0.0150. The highest BCUT2D eigenvalue weighted by molar-refractivity contribution is 5.72. The third-order valence-corrected chi connectivity index (χ3v) is 3.74. The number of hydrogen-bond acceptors (Lipinski definition) is 4. The summed E-state index contributed by atoms with van der Waals surface area (Å²) in [7, 11) is 0. The number of piperidine rings is 1. The Morgan fingerprint density at radius 2 is 2.05 bits per heavy atom. The molecule has 6 heteroatoms. The topological polar surface area (TPSA) is 78.9 Å². The highest BCUT2D eigenvalue weighted by Gasteiger charge is 2.44. The number of carbonyl (C=O) groups is 2. The molecule has 3 atom stereocenters. The van der Waals surface area contributed by atoms with E-state index in [0.717, 1.165) is 6.42 Å². The van der Waals surface area contributed by atoms with Gasteiger partial charge in [-0.3, -0.25) is 4.79 Å². The zero-order valence-corrected chi connectivity index (χ0v) is 11.7. The third-order valence-electron chi connectivity index (χ3n) is 3.74. The van der Waals surface area contributed by atoms with E-state index >= 15 is 0 Å². The van der Waals surface area contributed by atoms with Crippen molar-refractivity contribution in [3.63, 3.8) is 0 Å². The Morgan fingerprint density at radius 3 is 2.63 bits per heavy atom. The minimum atomic E-state index is -0.786. The van der Waals surface area contributed by atoms with Gasteiger partial charge < -0.3 is 20.1 Å². The van der Waals surface area contributed by atoms with Crippen molar-refractivity contribution in [2.24, 2.45) is 11.8 Å². The molecular weight excluding hydrogens is 248 g/mol. The Bertz CT molecular complexity index is 377. The number of carbonyl (C=O) groups excluding carboxylic acids is 1. The van der Waals surface area contributed by atoms with Crippen LogP contribution in [0.4, 0.5) is 4.79 Å². The molecule has 3 unspecified atom stereocenters. The molecule has 0 bridgehead atoms. The molecule has 0 aromatic heterocycles. The summed E-state index contributed by atoms with van der Waals surface area (Å²) in [4.78, 5) is 24.8. The van der Waals surface area contributed by atoms with Crippen LogP contribution in [0.1, 0.15) is 27.2 Å². The van der Waals surface area contributed by atoms with Gasteiger partial charge in [0.2, 0.25) is 0 Å². The van der Waals surface area contributed by atoms with Crippen LogP contribution in [0.3, 0.4) is 0 Å². The quantitative estimate of drug-likeness (QED) is 0.740. The van der Waals surface area contributed by atoms with E-state index in [1.54, 1.807) is 4.90 Å². The van der Waals surface area contributed by atoms with E-state index in [4.69, 9.17) is 4.74 Å². The van der Waals surface area contributed by atoms with Crippen LogP contribution in [-0.4, -0.2) is 53.3 Å². The fraction of sp³-hybridized carbons (Fsp3) is 0.846. The van der Waals surface area contributed by atoms with Crippen LogP contribution in [0.15, 0.2) is 0 Å². The lowest BCUT2D eigenvalue weighted by atomic mass is 9.86. The van der Waals surface area contributed by atoms with E-state index in [1.807, 2.05) is 20.8 Å². The predicted molar refractivity (Wildman–Crippen MR) is 68.8 cm³/mol. The molecule has 2 fully saturated rings. The van der Waals surface area contributed by atoms with Gasteiger partial charge in [-0.1, -0.05) is 0 Å². The number of ether oxygens (including phenoxy) is 1. The molecule has 2 aliphatic heterocycles. The second kappa shape index (κ2) is 5.00. The maximum Gasteiger partial charge on any atom is 0.410 e.